The molecule has 0 aliphatic rings. The first kappa shape index (κ1) is 14.2. The van der Waals surface area contributed by atoms with Crippen LogP contribution in [0.1, 0.15) is 5.69 Å². The minimum atomic E-state index is -0.0503. The second kappa shape index (κ2) is 6.31. The van der Waals surface area contributed by atoms with E-state index >= 15 is 0 Å². The summed E-state index contributed by atoms with van der Waals surface area (Å²) in [5.74, 6) is -0.0503. The van der Waals surface area contributed by atoms with Crippen LogP contribution in [0.15, 0.2) is 28.3 Å². The molecule has 5 nitrogen and oxygen atoms in total. The largest absolute Gasteiger partial charge is 0.352 e. The van der Waals surface area contributed by atoms with Crippen LogP contribution in [0, 0.1) is 0 Å². The summed E-state index contributed by atoms with van der Waals surface area (Å²) in [6, 6.07) is 2.05. The molecule has 0 bridgehead atoms. The van der Waals surface area contributed by atoms with E-state index in [-0.39, 0.29) is 5.91 Å². The van der Waals surface area contributed by atoms with Gasteiger partial charge in [-0.15, -0.1) is 11.3 Å². The molecule has 0 fully saturated rings. The van der Waals surface area contributed by atoms with Crippen LogP contribution in [0.25, 0.3) is 0 Å². The smallest absolute Gasteiger partial charge is 0.240 e. The minimum absolute atomic E-state index is 0.0503. The van der Waals surface area contributed by atoms with Crippen LogP contribution in [0.5, 0.6) is 0 Å². The average Bonchev–Trinajstić information content (AvgIpc) is 2.89. The van der Waals surface area contributed by atoms with Gasteiger partial charge in [0.05, 0.1) is 6.54 Å². The lowest BCUT2D eigenvalue weighted by molar-refractivity contribution is -0.117. The number of rotatable bonds is 5. The highest BCUT2D eigenvalue weighted by Crippen LogP contribution is 2.15. The third-order valence-electron chi connectivity index (χ3n) is 2.60. The van der Waals surface area contributed by atoms with Crippen molar-refractivity contribution in [2.75, 3.05) is 18.9 Å². The molecule has 0 aromatic carbocycles. The van der Waals surface area contributed by atoms with E-state index < -0.39 is 0 Å². The SMILES string of the molecule is CN(CC(=O)Nc1nccs1)Cc1cc(Br)cn1C. The van der Waals surface area contributed by atoms with Gasteiger partial charge < -0.3 is 9.88 Å². The molecule has 0 spiro atoms. The number of carbonyl (C=O) groups is 1. The second-order valence-electron chi connectivity index (χ2n) is 4.32. The number of amides is 1. The van der Waals surface area contributed by atoms with Crippen molar-refractivity contribution in [3.63, 3.8) is 0 Å². The molecule has 7 heteroatoms. The van der Waals surface area contributed by atoms with Crippen LogP contribution in [-0.2, 0) is 18.4 Å². The third kappa shape index (κ3) is 4.15. The van der Waals surface area contributed by atoms with Gasteiger partial charge in [0.1, 0.15) is 0 Å². The number of nitrogens with zero attached hydrogens (tertiary/aromatic N) is 3. The predicted octanol–water partition coefficient (Wildman–Crippen LogP) is 2.31. The third-order valence-corrected chi connectivity index (χ3v) is 3.72. The van der Waals surface area contributed by atoms with E-state index in [9.17, 15) is 4.79 Å². The molecule has 2 rings (SSSR count). The van der Waals surface area contributed by atoms with Crippen LogP contribution in [-0.4, -0.2) is 34.0 Å². The summed E-state index contributed by atoms with van der Waals surface area (Å²) in [5.41, 5.74) is 1.15. The Bertz CT molecular complexity index is 552. The van der Waals surface area contributed by atoms with Gasteiger partial charge in [0.2, 0.25) is 5.91 Å². The molecule has 0 aliphatic heterocycles. The van der Waals surface area contributed by atoms with Crippen molar-refractivity contribution < 1.29 is 4.79 Å². The molecule has 0 radical (unpaired) electrons. The highest BCUT2D eigenvalue weighted by atomic mass is 79.9. The summed E-state index contributed by atoms with van der Waals surface area (Å²) in [6.45, 7) is 1.05. The Hall–Kier alpha value is -1.18. The Balaban J connectivity index is 1.85. The van der Waals surface area contributed by atoms with Crippen LogP contribution in [0.4, 0.5) is 5.13 Å². The van der Waals surface area contributed by atoms with Crippen LogP contribution >= 0.6 is 27.3 Å². The summed E-state index contributed by atoms with van der Waals surface area (Å²) < 4.78 is 3.09. The quantitative estimate of drug-likeness (QED) is 0.907. The Morgan fingerprint density at radius 2 is 2.42 bits per heavy atom. The molecule has 102 valence electrons. The lowest BCUT2D eigenvalue weighted by Crippen LogP contribution is -2.30. The van der Waals surface area contributed by atoms with Gasteiger partial charge in [-0.25, -0.2) is 4.98 Å². The number of nitrogens with one attached hydrogen (secondary N) is 1. The van der Waals surface area contributed by atoms with Gasteiger partial charge in [0.25, 0.3) is 0 Å². The first-order valence-electron chi connectivity index (χ1n) is 5.73. The normalized spacial score (nSPS) is 10.9. The number of aryl methyl sites for hydroxylation is 1. The summed E-state index contributed by atoms with van der Waals surface area (Å²) in [5, 5.41) is 5.24. The number of anilines is 1. The number of hydrogen-bond donors (Lipinski definition) is 1. The summed E-state index contributed by atoms with van der Waals surface area (Å²) in [6.07, 6.45) is 3.67. The summed E-state index contributed by atoms with van der Waals surface area (Å²) in [7, 11) is 3.91. The van der Waals surface area contributed by atoms with Gasteiger partial charge in [-0.05, 0) is 29.0 Å². The number of carbonyl (C=O) groups excluding carboxylic acids is 1. The number of aromatic nitrogens is 2. The van der Waals surface area contributed by atoms with Crippen molar-refractivity contribution in [2.24, 2.45) is 7.05 Å². The van der Waals surface area contributed by atoms with E-state index in [1.807, 2.05) is 35.1 Å². The molecule has 0 saturated heterocycles. The molecule has 2 aromatic rings. The standard InChI is InChI=1S/C12H15BrN4OS/c1-16(7-10-5-9(13)6-17(10)2)8-11(18)15-12-14-3-4-19-12/h3-6H,7-8H2,1-2H3,(H,14,15,18). The Morgan fingerprint density at radius 3 is 3.00 bits per heavy atom. The van der Waals surface area contributed by atoms with Crippen molar-refractivity contribution >= 4 is 38.3 Å². The van der Waals surface area contributed by atoms with Crippen molar-refractivity contribution in [2.45, 2.75) is 6.54 Å². The fraction of sp³-hybridized carbons (Fsp3) is 0.333. The van der Waals surface area contributed by atoms with Gasteiger partial charge in [-0.3, -0.25) is 9.69 Å². The van der Waals surface area contributed by atoms with E-state index in [0.29, 0.717) is 18.2 Å². The van der Waals surface area contributed by atoms with E-state index in [1.54, 1.807) is 6.20 Å². The predicted molar refractivity (Wildman–Crippen MR) is 80.2 cm³/mol. The van der Waals surface area contributed by atoms with Crippen molar-refractivity contribution in [1.29, 1.82) is 0 Å². The van der Waals surface area contributed by atoms with Gasteiger partial charge in [0, 0.05) is 41.5 Å². The Labute approximate surface area is 124 Å². The molecule has 19 heavy (non-hydrogen) atoms. The molecular weight excluding hydrogens is 328 g/mol. The van der Waals surface area contributed by atoms with Gasteiger partial charge in [0.15, 0.2) is 5.13 Å². The van der Waals surface area contributed by atoms with Crippen molar-refractivity contribution in [3.8, 4) is 0 Å². The average molecular weight is 343 g/mol. The zero-order chi connectivity index (χ0) is 13.8. The fourth-order valence-corrected chi connectivity index (χ4v) is 2.86. The van der Waals surface area contributed by atoms with E-state index in [2.05, 4.69) is 32.3 Å². The topological polar surface area (TPSA) is 50.2 Å². The highest BCUT2D eigenvalue weighted by Gasteiger charge is 2.10. The maximum Gasteiger partial charge on any atom is 0.240 e. The van der Waals surface area contributed by atoms with Crippen LogP contribution < -0.4 is 5.32 Å². The second-order valence-corrected chi connectivity index (χ2v) is 6.13. The monoisotopic (exact) mass is 342 g/mol. The number of likely N-dealkylation sites (N-methyl/N-ethyl adjacent to an activating group) is 1. The molecule has 1 amide bonds. The van der Waals surface area contributed by atoms with Gasteiger partial charge >= 0.3 is 0 Å². The molecule has 2 aromatic heterocycles. The summed E-state index contributed by atoms with van der Waals surface area (Å²) in [4.78, 5) is 17.8. The van der Waals surface area contributed by atoms with Crippen LogP contribution in [0.2, 0.25) is 0 Å². The van der Waals surface area contributed by atoms with Crippen molar-refractivity contribution in [3.05, 3.63) is 34.0 Å². The zero-order valence-electron chi connectivity index (χ0n) is 10.8. The van der Waals surface area contributed by atoms with E-state index in [1.165, 1.54) is 11.3 Å². The van der Waals surface area contributed by atoms with Crippen LogP contribution in [0.3, 0.4) is 0 Å². The fourth-order valence-electron chi connectivity index (χ4n) is 1.74. The lowest BCUT2D eigenvalue weighted by Gasteiger charge is -2.16. The minimum Gasteiger partial charge on any atom is -0.352 e. The summed E-state index contributed by atoms with van der Waals surface area (Å²) >= 11 is 4.85. The number of hydrogen-bond acceptors (Lipinski definition) is 4. The maximum atomic E-state index is 11.8. The maximum absolute atomic E-state index is 11.8. The molecule has 0 unspecified atom stereocenters. The van der Waals surface area contributed by atoms with Gasteiger partial charge in [-0.2, -0.15) is 0 Å². The first-order chi connectivity index (χ1) is 9.04. The lowest BCUT2D eigenvalue weighted by atomic mass is 10.4. The molecule has 2 heterocycles. The number of halogens is 1. The first-order valence-corrected chi connectivity index (χ1v) is 7.40. The highest BCUT2D eigenvalue weighted by molar-refractivity contribution is 9.10. The van der Waals surface area contributed by atoms with Crippen molar-refractivity contribution in [1.82, 2.24) is 14.5 Å². The molecule has 0 saturated carbocycles. The molecule has 0 aliphatic carbocycles. The molecule has 1 N–H and O–H groups in total. The van der Waals surface area contributed by atoms with E-state index in [4.69, 9.17) is 0 Å². The Kier molecular flexibility index (Phi) is 4.73. The number of thiazole rings is 1. The molecule has 0 atom stereocenters. The van der Waals surface area contributed by atoms with Gasteiger partial charge in [-0.1, -0.05) is 0 Å². The molecular formula is C12H15BrN4OS. The Morgan fingerprint density at radius 1 is 1.63 bits per heavy atom. The zero-order valence-corrected chi connectivity index (χ0v) is 13.2. The van der Waals surface area contributed by atoms with E-state index in [0.717, 1.165) is 10.2 Å².